The largest absolute Gasteiger partial charge is 0.302 e. The van der Waals surface area contributed by atoms with Gasteiger partial charge in [-0.2, -0.15) is 0 Å². The van der Waals surface area contributed by atoms with Crippen LogP contribution in [0.2, 0.25) is 0 Å². The lowest BCUT2D eigenvalue weighted by atomic mass is 10.3. The van der Waals surface area contributed by atoms with Crippen molar-refractivity contribution in [3.8, 4) is 0 Å². The summed E-state index contributed by atoms with van der Waals surface area (Å²) in [5, 5.41) is 11.9. The quantitative estimate of drug-likeness (QED) is 0.749. The molecule has 0 saturated carbocycles. The van der Waals surface area contributed by atoms with E-state index >= 15 is 0 Å². The van der Waals surface area contributed by atoms with Crippen molar-refractivity contribution in [3.63, 3.8) is 0 Å². The SMILES string of the molecule is O=C(CCS(=O)(=O)c1cccc2nonc12)Nc1nccs1. The third-order valence-electron chi connectivity index (χ3n) is 2.86. The van der Waals surface area contributed by atoms with Gasteiger partial charge in [-0.1, -0.05) is 6.07 Å². The summed E-state index contributed by atoms with van der Waals surface area (Å²) in [4.78, 5) is 15.7. The van der Waals surface area contributed by atoms with Crippen LogP contribution in [0.15, 0.2) is 39.3 Å². The Morgan fingerprint density at radius 1 is 1.32 bits per heavy atom. The predicted molar refractivity (Wildman–Crippen MR) is 79.2 cm³/mol. The third kappa shape index (κ3) is 2.97. The van der Waals surface area contributed by atoms with E-state index in [4.69, 9.17) is 0 Å². The summed E-state index contributed by atoms with van der Waals surface area (Å²) in [6.07, 6.45) is 1.37. The molecule has 1 N–H and O–H groups in total. The standard InChI is InChI=1S/C12H10N4O4S2/c17-10(14-12-13-5-6-21-12)4-7-22(18,19)9-3-1-2-8-11(9)16-20-15-8/h1-3,5-6H,4,7H2,(H,13,14,17). The summed E-state index contributed by atoms with van der Waals surface area (Å²) < 4.78 is 29.2. The van der Waals surface area contributed by atoms with Gasteiger partial charge in [-0.25, -0.2) is 18.0 Å². The predicted octanol–water partition coefficient (Wildman–Crippen LogP) is 1.48. The molecule has 2 heterocycles. The number of thiazole rings is 1. The average Bonchev–Trinajstić information content (AvgIpc) is 3.15. The topological polar surface area (TPSA) is 115 Å². The van der Waals surface area contributed by atoms with Crippen molar-refractivity contribution in [2.75, 3.05) is 11.1 Å². The van der Waals surface area contributed by atoms with Crippen molar-refractivity contribution in [2.45, 2.75) is 11.3 Å². The minimum atomic E-state index is -3.67. The normalized spacial score (nSPS) is 11.6. The zero-order valence-electron chi connectivity index (χ0n) is 11.1. The Morgan fingerprint density at radius 3 is 2.95 bits per heavy atom. The number of carbonyl (C=O) groups excluding carboxylic acids is 1. The Balaban J connectivity index is 1.74. The first-order chi connectivity index (χ1) is 10.6. The van der Waals surface area contributed by atoms with Crippen LogP contribution in [0.1, 0.15) is 6.42 Å². The van der Waals surface area contributed by atoms with Gasteiger partial charge in [0, 0.05) is 18.0 Å². The minimum Gasteiger partial charge on any atom is -0.302 e. The lowest BCUT2D eigenvalue weighted by Gasteiger charge is -2.04. The number of hydrogen-bond acceptors (Lipinski definition) is 8. The molecule has 0 bridgehead atoms. The van der Waals surface area contributed by atoms with Crippen LogP contribution >= 0.6 is 11.3 Å². The van der Waals surface area contributed by atoms with E-state index < -0.39 is 15.7 Å². The number of fused-ring (bicyclic) bond motifs is 1. The number of nitrogens with one attached hydrogen (secondary N) is 1. The van der Waals surface area contributed by atoms with Crippen LogP contribution in [0.3, 0.4) is 0 Å². The van der Waals surface area contributed by atoms with Crippen LogP contribution in [0.25, 0.3) is 11.0 Å². The molecule has 0 unspecified atom stereocenters. The first kappa shape index (κ1) is 14.6. The van der Waals surface area contributed by atoms with Gasteiger partial charge in [0.05, 0.1) is 10.6 Å². The van der Waals surface area contributed by atoms with E-state index in [9.17, 15) is 13.2 Å². The van der Waals surface area contributed by atoms with Gasteiger partial charge in [-0.05, 0) is 22.4 Å². The second-order valence-electron chi connectivity index (χ2n) is 4.34. The molecule has 0 atom stereocenters. The number of benzene rings is 1. The second kappa shape index (κ2) is 5.81. The summed E-state index contributed by atoms with van der Waals surface area (Å²) in [5.41, 5.74) is 0.524. The maximum atomic E-state index is 12.3. The molecular weight excluding hydrogens is 328 g/mol. The molecule has 2 aromatic heterocycles. The fraction of sp³-hybridized carbons (Fsp3) is 0.167. The number of carbonyl (C=O) groups is 1. The third-order valence-corrected chi connectivity index (χ3v) is 5.29. The molecule has 0 aliphatic carbocycles. The Bertz CT molecular complexity index is 902. The average molecular weight is 338 g/mol. The number of rotatable bonds is 5. The first-order valence-electron chi connectivity index (χ1n) is 6.20. The summed E-state index contributed by atoms with van der Waals surface area (Å²) in [6, 6.07) is 4.57. The highest BCUT2D eigenvalue weighted by atomic mass is 32.2. The van der Waals surface area contributed by atoms with Gasteiger partial charge in [0.15, 0.2) is 20.5 Å². The molecule has 3 aromatic rings. The fourth-order valence-electron chi connectivity index (χ4n) is 1.84. The van der Waals surface area contributed by atoms with E-state index in [2.05, 4.69) is 25.2 Å². The fourth-order valence-corrected chi connectivity index (χ4v) is 3.78. The van der Waals surface area contributed by atoms with Crippen molar-refractivity contribution < 1.29 is 17.8 Å². The zero-order valence-corrected chi connectivity index (χ0v) is 12.7. The van der Waals surface area contributed by atoms with E-state index in [0.717, 1.165) is 0 Å². The van der Waals surface area contributed by atoms with Gasteiger partial charge >= 0.3 is 0 Å². The molecule has 22 heavy (non-hydrogen) atoms. The van der Waals surface area contributed by atoms with Crippen LogP contribution in [0.4, 0.5) is 5.13 Å². The van der Waals surface area contributed by atoms with E-state index in [1.807, 2.05) is 0 Å². The molecular formula is C12H10N4O4S2. The van der Waals surface area contributed by atoms with Crippen molar-refractivity contribution in [1.29, 1.82) is 0 Å². The molecule has 0 aliphatic heterocycles. The molecule has 3 rings (SSSR count). The van der Waals surface area contributed by atoms with Crippen molar-refractivity contribution in [3.05, 3.63) is 29.8 Å². The number of amides is 1. The minimum absolute atomic E-state index is 0.00768. The Morgan fingerprint density at radius 2 is 2.18 bits per heavy atom. The van der Waals surface area contributed by atoms with E-state index in [1.165, 1.54) is 17.4 Å². The number of hydrogen-bond donors (Lipinski definition) is 1. The lowest BCUT2D eigenvalue weighted by Crippen LogP contribution is -2.17. The van der Waals surface area contributed by atoms with Crippen LogP contribution in [0.5, 0.6) is 0 Å². The molecule has 10 heteroatoms. The summed E-state index contributed by atoms with van der Waals surface area (Å²) >= 11 is 1.26. The Labute approximate surface area is 129 Å². The summed E-state index contributed by atoms with van der Waals surface area (Å²) in [5.74, 6) is -0.750. The molecule has 0 fully saturated rings. The van der Waals surface area contributed by atoms with Crippen LogP contribution < -0.4 is 5.32 Å². The maximum absolute atomic E-state index is 12.3. The zero-order chi connectivity index (χ0) is 15.6. The number of anilines is 1. The molecule has 1 amide bonds. The van der Waals surface area contributed by atoms with E-state index in [1.54, 1.807) is 23.7 Å². The molecule has 0 aliphatic rings. The van der Waals surface area contributed by atoms with Gasteiger partial charge in [0.25, 0.3) is 0 Å². The van der Waals surface area contributed by atoms with Gasteiger partial charge in [0.1, 0.15) is 5.52 Å². The van der Waals surface area contributed by atoms with Gasteiger partial charge in [-0.3, -0.25) is 4.79 Å². The monoisotopic (exact) mass is 338 g/mol. The van der Waals surface area contributed by atoms with Gasteiger partial charge in [0.2, 0.25) is 5.91 Å². The number of nitrogens with zero attached hydrogens (tertiary/aromatic N) is 3. The molecule has 0 saturated heterocycles. The van der Waals surface area contributed by atoms with Crippen LogP contribution in [-0.4, -0.2) is 35.4 Å². The van der Waals surface area contributed by atoms with Crippen LogP contribution in [0, 0.1) is 0 Å². The Hall–Kier alpha value is -2.33. The molecule has 8 nitrogen and oxygen atoms in total. The number of aromatic nitrogens is 3. The van der Waals surface area contributed by atoms with Crippen molar-refractivity contribution >= 4 is 43.2 Å². The van der Waals surface area contributed by atoms with Crippen molar-refractivity contribution in [1.82, 2.24) is 15.3 Å². The molecule has 0 spiro atoms. The highest BCUT2D eigenvalue weighted by Gasteiger charge is 2.21. The second-order valence-corrected chi connectivity index (χ2v) is 7.31. The lowest BCUT2D eigenvalue weighted by molar-refractivity contribution is -0.115. The highest BCUT2D eigenvalue weighted by Crippen LogP contribution is 2.21. The summed E-state index contributed by atoms with van der Waals surface area (Å²) in [6.45, 7) is 0. The molecule has 1 aromatic carbocycles. The molecule has 114 valence electrons. The van der Waals surface area contributed by atoms with E-state index in [0.29, 0.717) is 10.6 Å². The Kier molecular flexibility index (Phi) is 3.86. The van der Waals surface area contributed by atoms with Crippen LogP contribution in [-0.2, 0) is 14.6 Å². The smallest absolute Gasteiger partial charge is 0.227 e. The summed E-state index contributed by atoms with van der Waals surface area (Å²) in [7, 11) is -3.67. The van der Waals surface area contributed by atoms with E-state index in [-0.39, 0.29) is 22.6 Å². The maximum Gasteiger partial charge on any atom is 0.227 e. The van der Waals surface area contributed by atoms with Crippen molar-refractivity contribution in [2.24, 2.45) is 0 Å². The highest BCUT2D eigenvalue weighted by molar-refractivity contribution is 7.91. The molecule has 0 radical (unpaired) electrons. The number of sulfone groups is 1. The first-order valence-corrected chi connectivity index (χ1v) is 8.73. The van der Waals surface area contributed by atoms with Gasteiger partial charge < -0.3 is 5.32 Å². The van der Waals surface area contributed by atoms with Gasteiger partial charge in [-0.15, -0.1) is 11.3 Å².